The van der Waals surface area contributed by atoms with Crippen LogP contribution in [-0.2, 0) is 0 Å². The van der Waals surface area contributed by atoms with Gasteiger partial charge in [-0.1, -0.05) is 24.6 Å². The molecular weight excluding hydrogens is 200 g/mol. The summed E-state index contributed by atoms with van der Waals surface area (Å²) in [7, 11) is 0. The molecule has 1 aliphatic rings. The topological polar surface area (TPSA) is 46.3 Å². The number of carbonyl (C=O) groups excluding carboxylic acids is 1. The highest BCUT2D eigenvalue weighted by atomic mass is 16.2. The Bertz CT molecular complexity index is 393. The van der Waals surface area contributed by atoms with E-state index in [0.717, 1.165) is 17.7 Å². The predicted octanol–water partition coefficient (Wildman–Crippen LogP) is 1.41. The number of rotatable bonds is 1. The Balaban J connectivity index is 2.14. The monoisotopic (exact) mass is 218 g/mol. The third-order valence-electron chi connectivity index (χ3n) is 3.22. The first-order valence-corrected chi connectivity index (χ1v) is 5.69. The molecule has 0 spiro atoms. The van der Waals surface area contributed by atoms with Crippen molar-refractivity contribution < 1.29 is 4.79 Å². The fourth-order valence-corrected chi connectivity index (χ4v) is 2.12. The molecular formula is C13H18N2O. The lowest BCUT2D eigenvalue weighted by Gasteiger charge is -2.16. The molecule has 2 atom stereocenters. The van der Waals surface area contributed by atoms with E-state index in [1.54, 1.807) is 0 Å². The first-order chi connectivity index (χ1) is 7.58. The highest BCUT2D eigenvalue weighted by Crippen LogP contribution is 2.17. The van der Waals surface area contributed by atoms with Crippen molar-refractivity contribution in [1.29, 1.82) is 0 Å². The number of benzene rings is 1. The predicted molar refractivity (Wildman–Crippen MR) is 64.2 cm³/mol. The van der Waals surface area contributed by atoms with Gasteiger partial charge in [-0.15, -0.1) is 0 Å². The van der Waals surface area contributed by atoms with Gasteiger partial charge in [-0.25, -0.2) is 0 Å². The molecule has 0 aliphatic carbocycles. The van der Waals surface area contributed by atoms with Crippen LogP contribution in [-0.4, -0.2) is 29.9 Å². The van der Waals surface area contributed by atoms with Gasteiger partial charge in [-0.3, -0.25) is 4.79 Å². The van der Waals surface area contributed by atoms with E-state index in [9.17, 15) is 4.79 Å². The average Bonchev–Trinajstić information content (AvgIpc) is 2.58. The second-order valence-electron chi connectivity index (χ2n) is 4.72. The first kappa shape index (κ1) is 11.1. The Morgan fingerprint density at radius 2 is 2.19 bits per heavy atom. The molecule has 1 aromatic rings. The minimum absolute atomic E-state index is 0.100. The smallest absolute Gasteiger partial charge is 0.253 e. The summed E-state index contributed by atoms with van der Waals surface area (Å²) in [5.74, 6) is 0.497. The molecule has 0 bridgehead atoms. The zero-order chi connectivity index (χ0) is 11.7. The highest BCUT2D eigenvalue weighted by molar-refractivity contribution is 5.94. The van der Waals surface area contributed by atoms with Crippen molar-refractivity contribution in [1.82, 2.24) is 4.90 Å². The van der Waals surface area contributed by atoms with Gasteiger partial charge in [-0.2, -0.15) is 0 Å². The number of aryl methyl sites for hydroxylation is 1. The van der Waals surface area contributed by atoms with Gasteiger partial charge in [0, 0.05) is 24.7 Å². The molecule has 86 valence electrons. The number of hydrogen-bond acceptors (Lipinski definition) is 2. The van der Waals surface area contributed by atoms with Crippen molar-refractivity contribution >= 4 is 5.91 Å². The van der Waals surface area contributed by atoms with Gasteiger partial charge in [0.1, 0.15) is 0 Å². The summed E-state index contributed by atoms with van der Waals surface area (Å²) in [6.07, 6.45) is 0. The zero-order valence-corrected chi connectivity index (χ0v) is 9.81. The molecule has 1 amide bonds. The lowest BCUT2D eigenvalue weighted by molar-refractivity contribution is 0.0787. The largest absolute Gasteiger partial charge is 0.337 e. The van der Waals surface area contributed by atoms with Crippen LogP contribution in [0.3, 0.4) is 0 Å². The number of hydrogen-bond donors (Lipinski definition) is 1. The average molecular weight is 218 g/mol. The number of nitrogens with zero attached hydrogens (tertiary/aromatic N) is 1. The van der Waals surface area contributed by atoms with E-state index < -0.39 is 0 Å². The molecule has 2 rings (SSSR count). The van der Waals surface area contributed by atoms with E-state index in [0.29, 0.717) is 12.5 Å². The van der Waals surface area contributed by atoms with E-state index >= 15 is 0 Å². The van der Waals surface area contributed by atoms with Crippen molar-refractivity contribution in [3.05, 3.63) is 35.4 Å². The van der Waals surface area contributed by atoms with Crippen LogP contribution in [0.2, 0.25) is 0 Å². The number of nitrogens with two attached hydrogens (primary N) is 1. The van der Waals surface area contributed by atoms with Gasteiger partial charge >= 0.3 is 0 Å². The Morgan fingerprint density at radius 3 is 2.75 bits per heavy atom. The summed E-state index contributed by atoms with van der Waals surface area (Å²) >= 11 is 0. The molecule has 3 heteroatoms. The lowest BCUT2D eigenvalue weighted by Crippen LogP contribution is -2.32. The molecule has 16 heavy (non-hydrogen) atoms. The van der Waals surface area contributed by atoms with E-state index in [1.807, 2.05) is 36.1 Å². The van der Waals surface area contributed by atoms with Crippen LogP contribution < -0.4 is 5.73 Å². The lowest BCUT2D eigenvalue weighted by atomic mass is 10.1. The van der Waals surface area contributed by atoms with Gasteiger partial charge in [0.15, 0.2) is 0 Å². The molecule has 1 fully saturated rings. The Morgan fingerprint density at radius 1 is 1.44 bits per heavy atom. The second kappa shape index (κ2) is 4.26. The summed E-state index contributed by atoms with van der Waals surface area (Å²) in [6, 6.07) is 7.83. The molecule has 0 saturated carbocycles. The van der Waals surface area contributed by atoms with Gasteiger partial charge in [0.05, 0.1) is 0 Å². The molecule has 1 aliphatic heterocycles. The maximum absolute atomic E-state index is 12.2. The van der Waals surface area contributed by atoms with Gasteiger partial charge in [-0.05, 0) is 25.0 Å². The number of amides is 1. The Hall–Kier alpha value is -1.35. The summed E-state index contributed by atoms with van der Waals surface area (Å²) < 4.78 is 0. The zero-order valence-electron chi connectivity index (χ0n) is 9.81. The molecule has 0 radical (unpaired) electrons. The third-order valence-corrected chi connectivity index (χ3v) is 3.22. The Labute approximate surface area is 96.2 Å². The van der Waals surface area contributed by atoms with Crippen LogP contribution in [0.4, 0.5) is 0 Å². The highest BCUT2D eigenvalue weighted by Gasteiger charge is 2.30. The summed E-state index contributed by atoms with van der Waals surface area (Å²) in [4.78, 5) is 14.0. The molecule has 0 aromatic heterocycles. The van der Waals surface area contributed by atoms with Crippen LogP contribution in [0.1, 0.15) is 22.8 Å². The summed E-state index contributed by atoms with van der Waals surface area (Å²) in [5.41, 5.74) is 7.80. The van der Waals surface area contributed by atoms with Crippen LogP contribution >= 0.6 is 0 Å². The number of carbonyl (C=O) groups is 1. The van der Waals surface area contributed by atoms with E-state index in [1.165, 1.54) is 0 Å². The third kappa shape index (κ3) is 2.09. The first-order valence-electron chi connectivity index (χ1n) is 5.69. The molecule has 1 saturated heterocycles. The maximum atomic E-state index is 12.2. The van der Waals surface area contributed by atoms with Crippen molar-refractivity contribution in [2.24, 2.45) is 11.7 Å². The maximum Gasteiger partial charge on any atom is 0.253 e. The summed E-state index contributed by atoms with van der Waals surface area (Å²) in [6.45, 7) is 5.53. The molecule has 1 heterocycles. The molecule has 3 nitrogen and oxygen atoms in total. The minimum Gasteiger partial charge on any atom is -0.337 e. The van der Waals surface area contributed by atoms with Crippen molar-refractivity contribution in [3.8, 4) is 0 Å². The van der Waals surface area contributed by atoms with Crippen LogP contribution in [0.15, 0.2) is 24.3 Å². The second-order valence-corrected chi connectivity index (χ2v) is 4.72. The fraction of sp³-hybridized carbons (Fsp3) is 0.462. The van der Waals surface area contributed by atoms with Crippen molar-refractivity contribution in [2.75, 3.05) is 13.1 Å². The van der Waals surface area contributed by atoms with Crippen molar-refractivity contribution in [3.63, 3.8) is 0 Å². The fourth-order valence-electron chi connectivity index (χ4n) is 2.12. The van der Waals surface area contributed by atoms with Gasteiger partial charge in [0.2, 0.25) is 0 Å². The van der Waals surface area contributed by atoms with Gasteiger partial charge in [0.25, 0.3) is 5.91 Å². The van der Waals surface area contributed by atoms with Gasteiger partial charge < -0.3 is 10.6 Å². The number of likely N-dealkylation sites (tertiary alicyclic amines) is 1. The van der Waals surface area contributed by atoms with Crippen LogP contribution in [0.5, 0.6) is 0 Å². The normalized spacial score (nSPS) is 24.8. The standard InChI is InChI=1S/C13H18N2O/c1-9-4-3-5-11(6-9)13(16)15-7-10(2)12(14)8-15/h3-6,10,12H,7-8,14H2,1-2H3. The van der Waals surface area contributed by atoms with E-state index in [4.69, 9.17) is 5.73 Å². The molecule has 2 N–H and O–H groups in total. The minimum atomic E-state index is 0.100. The van der Waals surface area contributed by atoms with E-state index in [-0.39, 0.29) is 11.9 Å². The molecule has 1 aromatic carbocycles. The SMILES string of the molecule is Cc1cccc(C(=O)N2CC(C)C(N)C2)c1. The van der Waals surface area contributed by atoms with Crippen molar-refractivity contribution in [2.45, 2.75) is 19.9 Å². The van der Waals surface area contributed by atoms with E-state index in [2.05, 4.69) is 6.92 Å². The Kier molecular flexibility index (Phi) is 2.97. The van der Waals surface area contributed by atoms with Crippen LogP contribution in [0, 0.1) is 12.8 Å². The molecule has 2 unspecified atom stereocenters. The quantitative estimate of drug-likeness (QED) is 0.774. The van der Waals surface area contributed by atoms with Crippen LogP contribution in [0.25, 0.3) is 0 Å². The summed E-state index contributed by atoms with van der Waals surface area (Å²) in [5, 5.41) is 0.